The summed E-state index contributed by atoms with van der Waals surface area (Å²) < 4.78 is 4.88. The number of carbonyl (C=O) groups excluding carboxylic acids is 1. The van der Waals surface area contributed by atoms with Gasteiger partial charge < -0.3 is 9.84 Å². The summed E-state index contributed by atoms with van der Waals surface area (Å²) in [4.78, 5) is 11.7. The van der Waals surface area contributed by atoms with Gasteiger partial charge in [-0.15, -0.1) is 0 Å². The van der Waals surface area contributed by atoms with Gasteiger partial charge in [0.2, 0.25) is 0 Å². The third-order valence-electron chi connectivity index (χ3n) is 2.76. The number of aromatic nitrogens is 3. The molecular formula is C11H12N4O2. The zero-order valence-electron chi connectivity index (χ0n) is 9.14. The summed E-state index contributed by atoms with van der Waals surface area (Å²) in [5.74, 6) is 0.985. The highest BCUT2D eigenvalue weighted by Gasteiger charge is 2.26. The standard InChI is InChI=1S/C11H12N4O2/c16-11(12-6-8-3-4-13-17-8)10-5-9(14-15-10)7-1-2-7/h3-5,7H,1-2,6H2,(H,12,16)(H,14,15). The molecule has 0 saturated heterocycles. The van der Waals surface area contributed by atoms with Crippen molar-refractivity contribution in [2.24, 2.45) is 0 Å². The molecule has 1 aliphatic carbocycles. The Morgan fingerprint density at radius 2 is 2.47 bits per heavy atom. The maximum absolute atomic E-state index is 11.7. The summed E-state index contributed by atoms with van der Waals surface area (Å²) >= 11 is 0. The van der Waals surface area contributed by atoms with Crippen molar-refractivity contribution in [1.29, 1.82) is 0 Å². The van der Waals surface area contributed by atoms with Gasteiger partial charge in [0.15, 0.2) is 5.76 Å². The number of nitrogens with zero attached hydrogens (tertiary/aromatic N) is 2. The van der Waals surface area contributed by atoms with Crippen LogP contribution in [0.3, 0.4) is 0 Å². The van der Waals surface area contributed by atoms with Crippen molar-refractivity contribution in [3.8, 4) is 0 Å². The van der Waals surface area contributed by atoms with Crippen molar-refractivity contribution < 1.29 is 9.32 Å². The number of rotatable bonds is 4. The van der Waals surface area contributed by atoms with Crippen LogP contribution in [0.4, 0.5) is 0 Å². The van der Waals surface area contributed by atoms with E-state index in [-0.39, 0.29) is 5.91 Å². The van der Waals surface area contributed by atoms with E-state index in [1.807, 2.05) is 6.07 Å². The molecule has 1 amide bonds. The highest BCUT2D eigenvalue weighted by molar-refractivity contribution is 5.92. The molecule has 0 aliphatic heterocycles. The van der Waals surface area contributed by atoms with Crippen LogP contribution in [0.25, 0.3) is 0 Å². The lowest BCUT2D eigenvalue weighted by Crippen LogP contribution is -2.22. The minimum Gasteiger partial charge on any atom is -0.360 e. The van der Waals surface area contributed by atoms with Crippen LogP contribution >= 0.6 is 0 Å². The Bertz CT molecular complexity index is 513. The quantitative estimate of drug-likeness (QED) is 0.829. The van der Waals surface area contributed by atoms with E-state index in [0.29, 0.717) is 23.9 Å². The summed E-state index contributed by atoms with van der Waals surface area (Å²) in [5, 5.41) is 13.2. The fourth-order valence-corrected chi connectivity index (χ4v) is 1.65. The Kier molecular flexibility index (Phi) is 2.40. The molecule has 1 fully saturated rings. The van der Waals surface area contributed by atoms with Crippen LogP contribution in [0.5, 0.6) is 0 Å². The second-order valence-electron chi connectivity index (χ2n) is 4.14. The predicted molar refractivity (Wildman–Crippen MR) is 58.2 cm³/mol. The first kappa shape index (κ1) is 10.1. The smallest absolute Gasteiger partial charge is 0.272 e. The van der Waals surface area contributed by atoms with E-state index in [1.54, 1.807) is 12.3 Å². The zero-order valence-corrected chi connectivity index (χ0v) is 9.14. The van der Waals surface area contributed by atoms with Crippen molar-refractivity contribution >= 4 is 5.91 Å². The van der Waals surface area contributed by atoms with Gasteiger partial charge in [0, 0.05) is 17.7 Å². The number of carbonyl (C=O) groups is 1. The lowest BCUT2D eigenvalue weighted by atomic mass is 10.2. The molecule has 0 atom stereocenters. The summed E-state index contributed by atoms with van der Waals surface area (Å²) in [6.45, 7) is 0.324. The van der Waals surface area contributed by atoms with E-state index >= 15 is 0 Å². The third kappa shape index (κ3) is 2.20. The van der Waals surface area contributed by atoms with E-state index in [1.165, 1.54) is 12.8 Å². The van der Waals surface area contributed by atoms with Crippen LogP contribution < -0.4 is 5.32 Å². The minimum atomic E-state index is -0.204. The van der Waals surface area contributed by atoms with Gasteiger partial charge in [-0.1, -0.05) is 5.16 Å². The summed E-state index contributed by atoms with van der Waals surface area (Å²) in [6.07, 6.45) is 3.91. The van der Waals surface area contributed by atoms with Crippen LogP contribution in [0.2, 0.25) is 0 Å². The van der Waals surface area contributed by atoms with E-state index in [9.17, 15) is 4.79 Å². The molecule has 0 spiro atoms. The molecule has 0 radical (unpaired) electrons. The molecule has 0 bridgehead atoms. The first-order valence-electron chi connectivity index (χ1n) is 5.56. The molecule has 2 aromatic rings. The lowest BCUT2D eigenvalue weighted by Gasteiger charge is -1.98. The predicted octanol–water partition coefficient (Wildman–Crippen LogP) is 1.21. The Morgan fingerprint density at radius 1 is 1.59 bits per heavy atom. The van der Waals surface area contributed by atoms with Crippen LogP contribution in [-0.2, 0) is 6.54 Å². The Hall–Kier alpha value is -2.11. The fraction of sp³-hybridized carbons (Fsp3) is 0.364. The average Bonchev–Trinajstić information content (AvgIpc) is 2.88. The number of hydrogen-bond acceptors (Lipinski definition) is 4. The molecule has 2 aromatic heterocycles. The summed E-state index contributed by atoms with van der Waals surface area (Å²) in [6, 6.07) is 3.52. The van der Waals surface area contributed by atoms with Gasteiger partial charge in [0.25, 0.3) is 5.91 Å². The largest absolute Gasteiger partial charge is 0.360 e. The minimum absolute atomic E-state index is 0.204. The van der Waals surface area contributed by atoms with Gasteiger partial charge in [-0.05, 0) is 18.9 Å². The summed E-state index contributed by atoms with van der Waals surface area (Å²) in [5.41, 5.74) is 1.47. The van der Waals surface area contributed by atoms with Gasteiger partial charge in [0.1, 0.15) is 5.69 Å². The van der Waals surface area contributed by atoms with Gasteiger partial charge in [-0.3, -0.25) is 9.89 Å². The highest BCUT2D eigenvalue weighted by atomic mass is 16.5. The molecule has 1 saturated carbocycles. The van der Waals surface area contributed by atoms with Crippen molar-refractivity contribution in [3.05, 3.63) is 35.5 Å². The summed E-state index contributed by atoms with van der Waals surface area (Å²) in [7, 11) is 0. The number of amides is 1. The van der Waals surface area contributed by atoms with E-state index < -0.39 is 0 Å². The molecule has 17 heavy (non-hydrogen) atoms. The molecule has 2 N–H and O–H groups in total. The average molecular weight is 232 g/mol. The number of aromatic amines is 1. The van der Waals surface area contributed by atoms with Gasteiger partial charge >= 0.3 is 0 Å². The van der Waals surface area contributed by atoms with Crippen LogP contribution in [-0.4, -0.2) is 21.3 Å². The molecular weight excluding hydrogens is 220 g/mol. The SMILES string of the molecule is O=C(NCc1ccno1)c1cc(C2CC2)[nH]n1. The van der Waals surface area contributed by atoms with Crippen LogP contribution in [0, 0.1) is 0 Å². The molecule has 0 unspecified atom stereocenters. The highest BCUT2D eigenvalue weighted by Crippen LogP contribution is 2.38. The molecule has 88 valence electrons. The topological polar surface area (TPSA) is 83.8 Å². The second-order valence-corrected chi connectivity index (χ2v) is 4.14. The normalized spacial score (nSPS) is 14.8. The van der Waals surface area contributed by atoms with E-state index in [4.69, 9.17) is 4.52 Å². The van der Waals surface area contributed by atoms with E-state index in [2.05, 4.69) is 20.7 Å². The molecule has 6 nitrogen and oxygen atoms in total. The van der Waals surface area contributed by atoms with E-state index in [0.717, 1.165) is 5.69 Å². The van der Waals surface area contributed by atoms with Crippen LogP contribution in [0.15, 0.2) is 22.9 Å². The van der Waals surface area contributed by atoms with Crippen molar-refractivity contribution in [2.45, 2.75) is 25.3 Å². The first-order valence-corrected chi connectivity index (χ1v) is 5.56. The van der Waals surface area contributed by atoms with Crippen molar-refractivity contribution in [2.75, 3.05) is 0 Å². The second kappa shape index (κ2) is 4.04. The lowest BCUT2D eigenvalue weighted by molar-refractivity contribution is 0.0942. The first-order chi connectivity index (χ1) is 8.33. The maximum atomic E-state index is 11.7. The van der Waals surface area contributed by atoms with Gasteiger partial charge in [-0.2, -0.15) is 5.10 Å². The maximum Gasteiger partial charge on any atom is 0.272 e. The van der Waals surface area contributed by atoms with Crippen molar-refractivity contribution in [1.82, 2.24) is 20.7 Å². The Labute approximate surface area is 97.4 Å². The number of hydrogen-bond donors (Lipinski definition) is 2. The molecule has 1 aliphatic rings. The van der Waals surface area contributed by atoms with Gasteiger partial charge in [-0.25, -0.2) is 0 Å². The molecule has 3 rings (SSSR count). The molecule has 6 heteroatoms. The number of nitrogens with one attached hydrogen (secondary N) is 2. The number of H-pyrrole nitrogens is 1. The van der Waals surface area contributed by atoms with Crippen LogP contribution in [0.1, 0.15) is 40.7 Å². The van der Waals surface area contributed by atoms with Crippen molar-refractivity contribution in [3.63, 3.8) is 0 Å². The molecule has 2 heterocycles. The Morgan fingerprint density at radius 3 is 3.18 bits per heavy atom. The van der Waals surface area contributed by atoms with Gasteiger partial charge in [0.05, 0.1) is 12.7 Å². The fourth-order valence-electron chi connectivity index (χ4n) is 1.65. The third-order valence-corrected chi connectivity index (χ3v) is 2.76. The Balaban J connectivity index is 1.60. The molecule has 0 aromatic carbocycles. The monoisotopic (exact) mass is 232 g/mol. The zero-order chi connectivity index (χ0) is 11.7.